The number of benzene rings is 1. The molecule has 0 bridgehead atoms. The fourth-order valence-electron chi connectivity index (χ4n) is 1.52. The summed E-state index contributed by atoms with van der Waals surface area (Å²) < 4.78 is 27.4. The molecular formula is C14H19NO3S. The van der Waals surface area contributed by atoms with E-state index in [1.807, 2.05) is 25.1 Å². The van der Waals surface area contributed by atoms with Gasteiger partial charge in [0.05, 0.1) is 18.9 Å². The highest BCUT2D eigenvalue weighted by Gasteiger charge is 2.03. The Labute approximate surface area is 114 Å². The minimum Gasteiger partial charge on any atom is -0.494 e. The Balaban J connectivity index is 2.54. The molecule has 0 aliphatic heterocycles. The van der Waals surface area contributed by atoms with E-state index in [1.54, 1.807) is 0 Å². The van der Waals surface area contributed by atoms with E-state index >= 15 is 0 Å². The van der Waals surface area contributed by atoms with E-state index in [0.29, 0.717) is 19.6 Å². The van der Waals surface area contributed by atoms with Crippen LogP contribution in [-0.2, 0) is 9.84 Å². The summed E-state index contributed by atoms with van der Waals surface area (Å²) in [5.74, 6) is 6.65. The molecule has 0 aromatic heterocycles. The van der Waals surface area contributed by atoms with E-state index in [9.17, 15) is 8.42 Å². The van der Waals surface area contributed by atoms with Crippen molar-refractivity contribution in [3.8, 4) is 17.6 Å². The van der Waals surface area contributed by atoms with Crippen LogP contribution in [0.25, 0.3) is 0 Å². The lowest BCUT2D eigenvalue weighted by atomic mass is 10.1. The Morgan fingerprint density at radius 3 is 2.68 bits per heavy atom. The van der Waals surface area contributed by atoms with Gasteiger partial charge < -0.3 is 10.5 Å². The number of aryl methyl sites for hydroxylation is 1. The van der Waals surface area contributed by atoms with Crippen LogP contribution in [0.15, 0.2) is 18.2 Å². The number of hydrogen-bond acceptors (Lipinski definition) is 4. The predicted molar refractivity (Wildman–Crippen MR) is 76.9 cm³/mol. The average Bonchev–Trinajstić information content (AvgIpc) is 2.32. The normalized spacial score (nSPS) is 10.7. The number of ether oxygens (including phenoxy) is 1. The fourth-order valence-corrected chi connectivity index (χ4v) is 2.17. The molecule has 0 fully saturated rings. The van der Waals surface area contributed by atoms with Crippen molar-refractivity contribution in [2.24, 2.45) is 5.73 Å². The zero-order valence-corrected chi connectivity index (χ0v) is 12.1. The summed E-state index contributed by atoms with van der Waals surface area (Å²) in [6.07, 6.45) is 1.72. The molecule has 19 heavy (non-hydrogen) atoms. The van der Waals surface area contributed by atoms with Crippen molar-refractivity contribution >= 4 is 9.84 Å². The molecular weight excluding hydrogens is 262 g/mol. The summed E-state index contributed by atoms with van der Waals surface area (Å²) in [5.41, 5.74) is 7.27. The molecule has 0 aliphatic rings. The van der Waals surface area contributed by atoms with Crippen molar-refractivity contribution in [2.45, 2.75) is 13.3 Å². The maximum absolute atomic E-state index is 11.0. The molecule has 2 N–H and O–H groups in total. The molecule has 1 aromatic carbocycles. The Bertz CT molecular complexity index is 582. The lowest BCUT2D eigenvalue weighted by molar-refractivity contribution is 0.317. The molecule has 4 nitrogen and oxygen atoms in total. The van der Waals surface area contributed by atoms with Gasteiger partial charge in [-0.15, -0.1) is 0 Å². The predicted octanol–water partition coefficient (Wildman–Crippen LogP) is 1.12. The molecule has 0 saturated carbocycles. The summed E-state index contributed by atoms with van der Waals surface area (Å²) in [4.78, 5) is 0. The van der Waals surface area contributed by atoms with Crippen molar-refractivity contribution in [2.75, 3.05) is 25.2 Å². The van der Waals surface area contributed by atoms with Crippen LogP contribution >= 0.6 is 0 Å². The second-order valence-corrected chi connectivity index (χ2v) is 6.57. The topological polar surface area (TPSA) is 69.4 Å². The molecule has 0 radical (unpaired) electrons. The van der Waals surface area contributed by atoms with Crippen LogP contribution in [0.3, 0.4) is 0 Å². The largest absolute Gasteiger partial charge is 0.494 e. The first-order chi connectivity index (χ1) is 8.92. The van der Waals surface area contributed by atoms with E-state index in [-0.39, 0.29) is 5.75 Å². The smallest absolute Gasteiger partial charge is 0.147 e. The van der Waals surface area contributed by atoms with Gasteiger partial charge in [0, 0.05) is 11.8 Å². The highest BCUT2D eigenvalue weighted by Crippen LogP contribution is 2.16. The molecule has 0 atom stereocenters. The third-order valence-corrected chi connectivity index (χ3v) is 3.48. The van der Waals surface area contributed by atoms with E-state index in [4.69, 9.17) is 10.5 Å². The Morgan fingerprint density at radius 1 is 1.37 bits per heavy atom. The molecule has 0 saturated heterocycles. The summed E-state index contributed by atoms with van der Waals surface area (Å²) in [6.45, 7) is 2.67. The number of rotatable bonds is 5. The number of hydrogen-bond donors (Lipinski definition) is 1. The highest BCUT2D eigenvalue weighted by molar-refractivity contribution is 7.90. The summed E-state index contributed by atoms with van der Waals surface area (Å²) in [5, 5.41) is 0. The quantitative estimate of drug-likeness (QED) is 0.648. The maximum atomic E-state index is 11.0. The second-order valence-electron chi connectivity index (χ2n) is 4.31. The summed E-state index contributed by atoms with van der Waals surface area (Å²) in [7, 11) is -2.91. The van der Waals surface area contributed by atoms with Gasteiger partial charge in [-0.05, 0) is 37.1 Å². The second kappa shape index (κ2) is 7.17. The lowest BCUT2D eigenvalue weighted by Crippen LogP contribution is -2.08. The van der Waals surface area contributed by atoms with Gasteiger partial charge in [-0.2, -0.15) is 0 Å². The Hall–Kier alpha value is -1.51. The highest BCUT2D eigenvalue weighted by atomic mass is 32.2. The maximum Gasteiger partial charge on any atom is 0.147 e. The molecule has 1 aromatic rings. The van der Waals surface area contributed by atoms with Gasteiger partial charge in [0.1, 0.15) is 15.6 Å². The van der Waals surface area contributed by atoms with Crippen LogP contribution in [0.2, 0.25) is 0 Å². The van der Waals surface area contributed by atoms with Crippen molar-refractivity contribution in [1.82, 2.24) is 0 Å². The third-order valence-electron chi connectivity index (χ3n) is 2.45. The zero-order valence-electron chi connectivity index (χ0n) is 11.3. The summed E-state index contributed by atoms with van der Waals surface area (Å²) >= 11 is 0. The van der Waals surface area contributed by atoms with Gasteiger partial charge in [-0.3, -0.25) is 0 Å². The minimum atomic E-state index is -2.91. The lowest BCUT2D eigenvalue weighted by Gasteiger charge is -2.07. The van der Waals surface area contributed by atoms with Gasteiger partial charge in [-0.25, -0.2) is 8.42 Å². The van der Waals surface area contributed by atoms with Gasteiger partial charge in [0.15, 0.2) is 0 Å². The van der Waals surface area contributed by atoms with Crippen molar-refractivity contribution in [3.63, 3.8) is 0 Å². The third kappa shape index (κ3) is 6.27. The van der Waals surface area contributed by atoms with E-state index < -0.39 is 9.84 Å². The fraction of sp³-hybridized carbons (Fsp3) is 0.429. The zero-order chi connectivity index (χ0) is 14.3. The molecule has 0 spiro atoms. The molecule has 0 unspecified atom stereocenters. The molecule has 5 heteroatoms. The van der Waals surface area contributed by atoms with Gasteiger partial charge in [0.2, 0.25) is 0 Å². The monoisotopic (exact) mass is 281 g/mol. The molecule has 0 amide bonds. The van der Waals surface area contributed by atoms with E-state index in [1.165, 1.54) is 6.26 Å². The first-order valence-corrected chi connectivity index (χ1v) is 8.08. The van der Waals surface area contributed by atoms with E-state index in [0.717, 1.165) is 16.9 Å². The van der Waals surface area contributed by atoms with Gasteiger partial charge >= 0.3 is 0 Å². The van der Waals surface area contributed by atoms with Crippen LogP contribution in [0.1, 0.15) is 17.5 Å². The molecule has 1 rings (SSSR count). The van der Waals surface area contributed by atoms with E-state index in [2.05, 4.69) is 11.8 Å². The molecule has 104 valence electrons. The van der Waals surface area contributed by atoms with Crippen LogP contribution in [0.5, 0.6) is 5.75 Å². The van der Waals surface area contributed by atoms with Crippen molar-refractivity contribution in [3.05, 3.63) is 29.3 Å². The first kappa shape index (κ1) is 15.5. The van der Waals surface area contributed by atoms with Crippen LogP contribution < -0.4 is 10.5 Å². The van der Waals surface area contributed by atoms with Crippen LogP contribution in [0, 0.1) is 18.8 Å². The van der Waals surface area contributed by atoms with Crippen molar-refractivity contribution in [1.29, 1.82) is 0 Å². The molecule has 0 heterocycles. The van der Waals surface area contributed by atoms with Crippen LogP contribution in [0.4, 0.5) is 0 Å². The Kier molecular flexibility index (Phi) is 5.87. The average molecular weight is 281 g/mol. The SMILES string of the molecule is Cc1cc(OCCCS(C)(=O)=O)ccc1C#CCN. The number of sulfone groups is 1. The Morgan fingerprint density at radius 2 is 2.11 bits per heavy atom. The van der Waals surface area contributed by atoms with Gasteiger partial charge in [0.25, 0.3) is 0 Å². The van der Waals surface area contributed by atoms with Crippen molar-refractivity contribution < 1.29 is 13.2 Å². The first-order valence-electron chi connectivity index (χ1n) is 6.02. The van der Waals surface area contributed by atoms with Crippen LogP contribution in [-0.4, -0.2) is 33.6 Å². The number of nitrogens with two attached hydrogens (primary N) is 1. The standard InChI is InChI=1S/C14H19NO3S/c1-12-11-14(7-6-13(12)5-3-8-15)18-9-4-10-19(2,16)17/h6-7,11H,4,8-10,15H2,1-2H3. The molecule has 0 aliphatic carbocycles. The summed E-state index contributed by atoms with van der Waals surface area (Å²) in [6, 6.07) is 5.60. The minimum absolute atomic E-state index is 0.145. The van der Waals surface area contributed by atoms with Gasteiger partial charge in [-0.1, -0.05) is 11.8 Å².